The number of hydrogen-bond acceptors (Lipinski definition) is 3. The van der Waals surface area contributed by atoms with E-state index >= 15 is 0 Å². The molecule has 0 fully saturated rings. The highest BCUT2D eigenvalue weighted by Crippen LogP contribution is 2.12. The smallest absolute Gasteiger partial charge is 0.232 e. The summed E-state index contributed by atoms with van der Waals surface area (Å²) in [5.74, 6) is 1.24. The summed E-state index contributed by atoms with van der Waals surface area (Å²) in [6, 6.07) is 0. The van der Waals surface area contributed by atoms with Crippen LogP contribution in [0.25, 0.3) is 0 Å². The van der Waals surface area contributed by atoms with Crippen molar-refractivity contribution in [3.05, 3.63) is 0 Å². The second-order valence-electron chi connectivity index (χ2n) is 3.65. The van der Waals surface area contributed by atoms with Crippen LogP contribution in [0.3, 0.4) is 0 Å². The van der Waals surface area contributed by atoms with E-state index in [9.17, 15) is 4.79 Å². The number of carbonyl (C=O) groups excluding carboxylic acids is 1. The molecule has 0 bridgehead atoms. The summed E-state index contributed by atoms with van der Waals surface area (Å²) in [7, 11) is 0. The molecule has 0 aliphatic rings. The Kier molecular flexibility index (Phi) is 15.1. The van der Waals surface area contributed by atoms with Gasteiger partial charge in [-0.05, 0) is 38.5 Å². The molecule has 1 atom stereocenters. The molecule has 1 unspecified atom stereocenters. The van der Waals surface area contributed by atoms with E-state index in [0.717, 1.165) is 25.1 Å². The Balaban J connectivity index is 0. The van der Waals surface area contributed by atoms with Gasteiger partial charge < -0.3 is 11.1 Å². The maximum atomic E-state index is 11.5. The molecule has 3 nitrogen and oxygen atoms in total. The number of halogens is 1. The summed E-state index contributed by atoms with van der Waals surface area (Å²) >= 11 is 1.74. The molecule has 0 rings (SSSR count). The van der Waals surface area contributed by atoms with Crippen molar-refractivity contribution in [2.24, 2.45) is 5.73 Å². The molecule has 0 aromatic carbocycles. The number of thioether (sulfide) groups is 1. The van der Waals surface area contributed by atoms with E-state index in [0.29, 0.717) is 6.54 Å². The molecule has 0 spiro atoms. The van der Waals surface area contributed by atoms with Crippen molar-refractivity contribution in [3.8, 4) is 0 Å². The quantitative estimate of drug-likeness (QED) is 0.631. The van der Waals surface area contributed by atoms with E-state index in [-0.39, 0.29) is 23.6 Å². The van der Waals surface area contributed by atoms with Crippen LogP contribution in [-0.2, 0) is 4.79 Å². The lowest BCUT2D eigenvalue weighted by molar-refractivity contribution is -0.120. The van der Waals surface area contributed by atoms with Gasteiger partial charge in [0.1, 0.15) is 0 Å². The minimum Gasteiger partial charge on any atom is -0.355 e. The fourth-order valence-corrected chi connectivity index (χ4v) is 2.15. The average Bonchev–Trinajstić information content (AvgIpc) is 2.24. The van der Waals surface area contributed by atoms with E-state index in [1.165, 1.54) is 12.8 Å². The highest BCUT2D eigenvalue weighted by molar-refractivity contribution is 8.00. The minimum atomic E-state index is 0. The number of nitrogens with one attached hydrogen (secondary N) is 1. The van der Waals surface area contributed by atoms with Crippen LogP contribution >= 0.6 is 24.2 Å². The fraction of sp³-hybridized carbons (Fsp3) is 0.909. The SMILES string of the molecule is CCCCSC(C)C(=O)NCCCCN.Cl. The van der Waals surface area contributed by atoms with Gasteiger partial charge in [0.05, 0.1) is 5.25 Å². The molecule has 0 aliphatic heterocycles. The van der Waals surface area contributed by atoms with Crippen LogP contribution in [0, 0.1) is 0 Å². The second kappa shape index (κ2) is 13.1. The number of rotatable bonds is 9. The third kappa shape index (κ3) is 10.6. The molecule has 0 saturated heterocycles. The van der Waals surface area contributed by atoms with Crippen LogP contribution in [0.2, 0.25) is 0 Å². The van der Waals surface area contributed by atoms with Crippen molar-refractivity contribution < 1.29 is 4.79 Å². The standard InChI is InChI=1S/C11H24N2OS.ClH/c1-3-4-9-15-10(2)11(14)13-8-6-5-7-12;/h10H,3-9,12H2,1-2H3,(H,13,14);1H. The summed E-state index contributed by atoms with van der Waals surface area (Å²) in [5.41, 5.74) is 5.37. The van der Waals surface area contributed by atoms with Gasteiger partial charge in [0, 0.05) is 6.54 Å². The zero-order chi connectivity index (χ0) is 11.5. The van der Waals surface area contributed by atoms with Crippen LogP contribution in [0.5, 0.6) is 0 Å². The maximum absolute atomic E-state index is 11.5. The van der Waals surface area contributed by atoms with Crippen molar-refractivity contribution in [2.45, 2.75) is 44.8 Å². The van der Waals surface area contributed by atoms with Crippen LogP contribution in [0.15, 0.2) is 0 Å². The van der Waals surface area contributed by atoms with Crippen molar-refractivity contribution in [2.75, 3.05) is 18.8 Å². The Morgan fingerprint density at radius 1 is 1.38 bits per heavy atom. The molecule has 5 heteroatoms. The summed E-state index contributed by atoms with van der Waals surface area (Å²) < 4.78 is 0. The summed E-state index contributed by atoms with van der Waals surface area (Å²) in [4.78, 5) is 11.5. The van der Waals surface area contributed by atoms with E-state index in [1.807, 2.05) is 6.92 Å². The van der Waals surface area contributed by atoms with Gasteiger partial charge in [-0.1, -0.05) is 13.3 Å². The highest BCUT2D eigenvalue weighted by Gasteiger charge is 2.11. The van der Waals surface area contributed by atoms with Gasteiger partial charge in [0.2, 0.25) is 5.91 Å². The average molecular weight is 269 g/mol. The Hall–Kier alpha value is 0.0700. The molecule has 1 amide bonds. The largest absolute Gasteiger partial charge is 0.355 e. The Morgan fingerprint density at radius 3 is 2.62 bits per heavy atom. The molecule has 98 valence electrons. The van der Waals surface area contributed by atoms with Crippen molar-refractivity contribution in [3.63, 3.8) is 0 Å². The number of nitrogens with two attached hydrogens (primary N) is 1. The predicted molar refractivity (Wildman–Crippen MR) is 75.4 cm³/mol. The number of unbranched alkanes of at least 4 members (excludes halogenated alkanes) is 2. The van der Waals surface area contributed by atoms with Crippen molar-refractivity contribution >= 4 is 30.1 Å². The lowest BCUT2D eigenvalue weighted by Gasteiger charge is -2.11. The summed E-state index contributed by atoms with van der Waals surface area (Å²) in [6.45, 7) is 5.60. The zero-order valence-corrected chi connectivity index (χ0v) is 12.0. The summed E-state index contributed by atoms with van der Waals surface area (Å²) in [6.07, 6.45) is 4.35. The number of hydrogen-bond donors (Lipinski definition) is 2. The molecule has 3 N–H and O–H groups in total. The zero-order valence-electron chi connectivity index (χ0n) is 10.3. The number of carbonyl (C=O) groups is 1. The molecular formula is C11H25ClN2OS. The molecule has 0 aliphatic carbocycles. The molecule has 0 aromatic heterocycles. The molecule has 16 heavy (non-hydrogen) atoms. The highest BCUT2D eigenvalue weighted by atomic mass is 35.5. The third-order valence-electron chi connectivity index (χ3n) is 2.17. The van der Waals surface area contributed by atoms with Gasteiger partial charge in [0.25, 0.3) is 0 Å². The first-order valence-electron chi connectivity index (χ1n) is 5.81. The van der Waals surface area contributed by atoms with Gasteiger partial charge in [-0.25, -0.2) is 0 Å². The summed E-state index contributed by atoms with van der Waals surface area (Å²) in [5, 5.41) is 3.01. The van der Waals surface area contributed by atoms with Crippen LogP contribution in [0.4, 0.5) is 0 Å². The predicted octanol–water partition coefficient (Wildman–Crippen LogP) is 2.19. The Labute approximate surface area is 110 Å². The van der Waals surface area contributed by atoms with E-state index in [2.05, 4.69) is 12.2 Å². The van der Waals surface area contributed by atoms with Crippen molar-refractivity contribution in [1.82, 2.24) is 5.32 Å². The molecule has 0 saturated carbocycles. The Morgan fingerprint density at radius 2 is 2.06 bits per heavy atom. The minimum absolute atomic E-state index is 0. The first kappa shape index (κ1) is 18.4. The second-order valence-corrected chi connectivity index (χ2v) is 5.10. The van der Waals surface area contributed by atoms with Crippen LogP contribution in [0.1, 0.15) is 39.5 Å². The third-order valence-corrected chi connectivity index (χ3v) is 3.40. The fourth-order valence-electron chi connectivity index (χ4n) is 1.10. The molecule has 0 aromatic rings. The molecular weight excluding hydrogens is 244 g/mol. The van der Waals surface area contributed by atoms with E-state index < -0.39 is 0 Å². The van der Waals surface area contributed by atoms with Gasteiger partial charge >= 0.3 is 0 Å². The molecule has 0 radical (unpaired) electrons. The van der Waals surface area contributed by atoms with Gasteiger partial charge in [-0.15, -0.1) is 24.2 Å². The lowest BCUT2D eigenvalue weighted by atomic mass is 10.3. The van der Waals surface area contributed by atoms with Gasteiger partial charge in [-0.3, -0.25) is 4.79 Å². The first-order chi connectivity index (χ1) is 7.22. The lowest BCUT2D eigenvalue weighted by Crippen LogP contribution is -2.32. The first-order valence-corrected chi connectivity index (χ1v) is 6.86. The topological polar surface area (TPSA) is 55.1 Å². The molecule has 0 heterocycles. The number of amides is 1. The normalized spacial score (nSPS) is 11.7. The van der Waals surface area contributed by atoms with Gasteiger partial charge in [0.15, 0.2) is 0 Å². The van der Waals surface area contributed by atoms with E-state index in [4.69, 9.17) is 5.73 Å². The van der Waals surface area contributed by atoms with Crippen molar-refractivity contribution in [1.29, 1.82) is 0 Å². The maximum Gasteiger partial charge on any atom is 0.232 e. The van der Waals surface area contributed by atoms with Crippen LogP contribution < -0.4 is 11.1 Å². The van der Waals surface area contributed by atoms with Crippen LogP contribution in [-0.4, -0.2) is 30.0 Å². The van der Waals surface area contributed by atoms with E-state index in [1.54, 1.807) is 11.8 Å². The monoisotopic (exact) mass is 268 g/mol. The Bertz CT molecular complexity index is 170. The van der Waals surface area contributed by atoms with Gasteiger partial charge in [-0.2, -0.15) is 0 Å².